The molecule has 1 amide bonds. The number of nitrogens with zero attached hydrogens (tertiary/aromatic N) is 3. The van der Waals surface area contributed by atoms with E-state index in [9.17, 15) is 4.79 Å². The van der Waals surface area contributed by atoms with Gasteiger partial charge in [-0.2, -0.15) is 0 Å². The summed E-state index contributed by atoms with van der Waals surface area (Å²) in [4.78, 5) is 18.0. The van der Waals surface area contributed by atoms with Crippen molar-refractivity contribution in [2.45, 2.75) is 6.42 Å². The van der Waals surface area contributed by atoms with Crippen LogP contribution in [-0.2, 0) is 4.79 Å². The average Bonchev–Trinajstić information content (AvgIpc) is 2.35. The van der Waals surface area contributed by atoms with Crippen molar-refractivity contribution in [2.75, 3.05) is 50.6 Å². The maximum Gasteiger partial charge on any atom is 0.246 e. The SMILES string of the molecule is CN(C)CCCN1CC(=O)N(C)c2ccccc21. The summed E-state index contributed by atoms with van der Waals surface area (Å²) in [7, 11) is 5.99. The zero-order valence-electron chi connectivity index (χ0n) is 11.4. The molecule has 2 rings (SSSR count). The van der Waals surface area contributed by atoms with E-state index in [4.69, 9.17) is 0 Å². The predicted octanol–water partition coefficient (Wildman–Crippen LogP) is 1.42. The quantitative estimate of drug-likeness (QED) is 0.805. The highest BCUT2D eigenvalue weighted by atomic mass is 16.2. The van der Waals surface area contributed by atoms with Crippen molar-refractivity contribution >= 4 is 17.3 Å². The second-order valence-electron chi connectivity index (χ2n) is 5.02. The molecule has 0 saturated heterocycles. The molecule has 1 aromatic carbocycles. The van der Waals surface area contributed by atoms with Gasteiger partial charge in [0.25, 0.3) is 0 Å². The minimum absolute atomic E-state index is 0.165. The van der Waals surface area contributed by atoms with E-state index < -0.39 is 0 Å². The number of carbonyl (C=O) groups excluding carboxylic acids is 1. The molecule has 0 bridgehead atoms. The molecule has 0 saturated carbocycles. The minimum atomic E-state index is 0.165. The zero-order valence-corrected chi connectivity index (χ0v) is 11.4. The Labute approximate surface area is 109 Å². The molecule has 4 nitrogen and oxygen atoms in total. The standard InChI is InChI=1S/C14H21N3O/c1-15(2)9-6-10-17-11-14(18)16(3)12-7-4-5-8-13(12)17/h4-5,7-8H,6,9-11H2,1-3H3. The summed E-state index contributed by atoms with van der Waals surface area (Å²) in [5, 5.41) is 0. The largest absolute Gasteiger partial charge is 0.360 e. The van der Waals surface area contributed by atoms with Gasteiger partial charge in [-0.1, -0.05) is 12.1 Å². The van der Waals surface area contributed by atoms with Crippen LogP contribution in [0.15, 0.2) is 24.3 Å². The molecule has 0 atom stereocenters. The first-order valence-electron chi connectivity index (χ1n) is 6.35. The smallest absolute Gasteiger partial charge is 0.246 e. The van der Waals surface area contributed by atoms with Gasteiger partial charge in [0.2, 0.25) is 5.91 Å². The second kappa shape index (κ2) is 5.40. The van der Waals surface area contributed by atoms with Crippen LogP contribution in [0, 0.1) is 0 Å². The number of likely N-dealkylation sites (N-methyl/N-ethyl adjacent to an activating group) is 1. The third-order valence-electron chi connectivity index (χ3n) is 3.32. The van der Waals surface area contributed by atoms with Crippen molar-refractivity contribution in [3.05, 3.63) is 24.3 Å². The van der Waals surface area contributed by atoms with Crippen molar-refractivity contribution in [3.63, 3.8) is 0 Å². The third kappa shape index (κ3) is 2.64. The van der Waals surface area contributed by atoms with E-state index in [1.165, 1.54) is 5.69 Å². The van der Waals surface area contributed by atoms with E-state index >= 15 is 0 Å². The Kier molecular flexibility index (Phi) is 3.87. The Hall–Kier alpha value is -1.55. The highest BCUT2D eigenvalue weighted by Crippen LogP contribution is 2.32. The number of fused-ring (bicyclic) bond motifs is 1. The van der Waals surface area contributed by atoms with Crippen LogP contribution in [0.5, 0.6) is 0 Å². The lowest BCUT2D eigenvalue weighted by Crippen LogP contribution is -2.44. The minimum Gasteiger partial charge on any atom is -0.360 e. The first kappa shape index (κ1) is 12.9. The van der Waals surface area contributed by atoms with E-state index in [0.717, 1.165) is 25.2 Å². The number of anilines is 2. The van der Waals surface area contributed by atoms with E-state index in [2.05, 4.69) is 30.0 Å². The van der Waals surface area contributed by atoms with Gasteiger partial charge >= 0.3 is 0 Å². The van der Waals surface area contributed by atoms with Gasteiger partial charge in [0, 0.05) is 13.6 Å². The molecule has 0 aliphatic carbocycles. The maximum atomic E-state index is 11.9. The molecular formula is C14H21N3O. The zero-order chi connectivity index (χ0) is 13.1. The summed E-state index contributed by atoms with van der Waals surface area (Å²) in [6, 6.07) is 8.10. The van der Waals surface area contributed by atoms with Gasteiger partial charge in [-0.05, 0) is 39.2 Å². The molecule has 1 aliphatic rings. The van der Waals surface area contributed by atoms with Crippen molar-refractivity contribution in [3.8, 4) is 0 Å². The Bertz CT molecular complexity index is 431. The van der Waals surface area contributed by atoms with Crippen molar-refractivity contribution in [1.29, 1.82) is 0 Å². The molecular weight excluding hydrogens is 226 g/mol. The number of para-hydroxylation sites is 2. The number of benzene rings is 1. The van der Waals surface area contributed by atoms with E-state index in [-0.39, 0.29) is 5.91 Å². The lowest BCUT2D eigenvalue weighted by atomic mass is 10.1. The fourth-order valence-electron chi connectivity index (χ4n) is 2.28. The van der Waals surface area contributed by atoms with Gasteiger partial charge in [0.15, 0.2) is 0 Å². The summed E-state index contributed by atoms with van der Waals surface area (Å²) in [6.45, 7) is 2.46. The molecule has 1 aliphatic heterocycles. The van der Waals surface area contributed by atoms with Crippen LogP contribution in [0.2, 0.25) is 0 Å². The number of rotatable bonds is 4. The molecule has 1 aromatic rings. The van der Waals surface area contributed by atoms with Gasteiger partial charge in [0.1, 0.15) is 0 Å². The number of carbonyl (C=O) groups is 1. The highest BCUT2D eigenvalue weighted by Gasteiger charge is 2.25. The topological polar surface area (TPSA) is 26.8 Å². The molecule has 0 aromatic heterocycles. The lowest BCUT2D eigenvalue weighted by molar-refractivity contribution is -0.117. The summed E-state index contributed by atoms with van der Waals surface area (Å²) in [6.07, 6.45) is 1.07. The number of amides is 1. The molecule has 18 heavy (non-hydrogen) atoms. The summed E-state index contributed by atoms with van der Waals surface area (Å²) >= 11 is 0. The fraction of sp³-hybridized carbons (Fsp3) is 0.500. The normalized spacial score (nSPS) is 15.2. The molecule has 1 heterocycles. The Balaban J connectivity index is 2.12. The first-order valence-corrected chi connectivity index (χ1v) is 6.35. The van der Waals surface area contributed by atoms with Crippen molar-refractivity contribution in [2.24, 2.45) is 0 Å². The molecule has 98 valence electrons. The summed E-state index contributed by atoms with van der Waals surface area (Å²) in [5.41, 5.74) is 2.18. The van der Waals surface area contributed by atoms with Crippen LogP contribution in [0.3, 0.4) is 0 Å². The second-order valence-corrected chi connectivity index (χ2v) is 5.02. The van der Waals surface area contributed by atoms with E-state index in [1.54, 1.807) is 4.90 Å². The highest BCUT2D eigenvalue weighted by molar-refractivity contribution is 6.02. The predicted molar refractivity (Wildman–Crippen MR) is 75.2 cm³/mol. The van der Waals surface area contributed by atoms with Crippen molar-refractivity contribution in [1.82, 2.24) is 4.90 Å². The summed E-state index contributed by atoms with van der Waals surface area (Å²) < 4.78 is 0. The number of hydrogen-bond acceptors (Lipinski definition) is 3. The van der Waals surface area contributed by atoms with Gasteiger partial charge in [-0.3, -0.25) is 4.79 Å². The van der Waals surface area contributed by atoms with Gasteiger partial charge in [-0.25, -0.2) is 0 Å². The molecule has 0 fully saturated rings. The molecule has 4 heteroatoms. The van der Waals surface area contributed by atoms with E-state index in [0.29, 0.717) is 6.54 Å². The Morgan fingerprint density at radius 1 is 1.22 bits per heavy atom. The van der Waals surface area contributed by atoms with E-state index in [1.807, 2.05) is 25.2 Å². The molecule has 0 spiro atoms. The Morgan fingerprint density at radius 2 is 1.89 bits per heavy atom. The monoisotopic (exact) mass is 247 g/mol. The molecule has 0 unspecified atom stereocenters. The third-order valence-corrected chi connectivity index (χ3v) is 3.32. The van der Waals surface area contributed by atoms with Crippen molar-refractivity contribution < 1.29 is 4.79 Å². The molecule has 0 radical (unpaired) electrons. The van der Waals surface area contributed by atoms with Crippen LogP contribution in [0.1, 0.15) is 6.42 Å². The lowest BCUT2D eigenvalue weighted by Gasteiger charge is -2.35. The maximum absolute atomic E-state index is 11.9. The van der Waals surface area contributed by atoms with Crippen LogP contribution < -0.4 is 9.80 Å². The Morgan fingerprint density at radius 3 is 2.56 bits per heavy atom. The first-order chi connectivity index (χ1) is 8.59. The fourth-order valence-corrected chi connectivity index (χ4v) is 2.28. The average molecular weight is 247 g/mol. The summed E-state index contributed by atoms with van der Waals surface area (Å²) in [5.74, 6) is 0.165. The van der Waals surface area contributed by atoms with Gasteiger partial charge in [0.05, 0.1) is 17.9 Å². The van der Waals surface area contributed by atoms with Gasteiger partial charge < -0.3 is 14.7 Å². The van der Waals surface area contributed by atoms with Crippen LogP contribution >= 0.6 is 0 Å². The van der Waals surface area contributed by atoms with Gasteiger partial charge in [-0.15, -0.1) is 0 Å². The van der Waals surface area contributed by atoms with Crippen LogP contribution in [0.25, 0.3) is 0 Å². The van der Waals surface area contributed by atoms with Crippen LogP contribution in [0.4, 0.5) is 11.4 Å². The number of hydrogen-bond donors (Lipinski definition) is 0. The molecule has 0 N–H and O–H groups in total. The van der Waals surface area contributed by atoms with Crippen LogP contribution in [-0.4, -0.2) is 51.6 Å².